The molecule has 1 N–H and O–H groups in total. The Bertz CT molecular complexity index is 1690. The van der Waals surface area contributed by atoms with Crippen molar-refractivity contribution in [3.05, 3.63) is 76.5 Å². The maximum Gasteiger partial charge on any atom is 0.420 e. The minimum Gasteiger partial charge on any atom is -0.443 e. The lowest BCUT2D eigenvalue weighted by Gasteiger charge is -2.32. The van der Waals surface area contributed by atoms with Crippen molar-refractivity contribution in [1.82, 2.24) is 14.5 Å². The summed E-state index contributed by atoms with van der Waals surface area (Å²) in [6, 6.07) is 9.16. The van der Waals surface area contributed by atoms with Gasteiger partial charge in [0.25, 0.3) is 5.91 Å². The summed E-state index contributed by atoms with van der Waals surface area (Å²) >= 11 is 0. The van der Waals surface area contributed by atoms with Crippen LogP contribution in [0.1, 0.15) is 50.8 Å². The fraction of sp³-hybridized carbons (Fsp3) is 0.375. The molecule has 1 atom stereocenters. The van der Waals surface area contributed by atoms with Gasteiger partial charge in [0.15, 0.2) is 0 Å². The largest absolute Gasteiger partial charge is 0.443 e. The first-order chi connectivity index (χ1) is 20.0. The second kappa shape index (κ2) is 11.4. The third-order valence-corrected chi connectivity index (χ3v) is 7.24. The third kappa shape index (κ3) is 5.51. The van der Waals surface area contributed by atoms with E-state index in [1.165, 1.54) is 11.7 Å². The van der Waals surface area contributed by atoms with E-state index in [9.17, 15) is 14.4 Å². The number of carbonyl (C=O) groups is 2. The molecule has 0 saturated heterocycles. The highest BCUT2D eigenvalue weighted by Gasteiger charge is 2.34. The van der Waals surface area contributed by atoms with Crippen molar-refractivity contribution >= 4 is 40.3 Å². The number of anilines is 2. The summed E-state index contributed by atoms with van der Waals surface area (Å²) in [6.07, 6.45) is 4.71. The number of rotatable bonds is 4. The van der Waals surface area contributed by atoms with Gasteiger partial charge in [-0.05, 0) is 90.3 Å². The first kappa shape index (κ1) is 29.0. The standard InChI is InChI=1S/C32H35N5O5/c1-19-13-15-26-23(33-19)10-7-8-17-36(26)25-16-14-21(29(41-6)22(25)18-38)30(39)35-24-11-9-12-27-28(24)34-20(2)37(27)31(40)42-32(3,4)5/h9,11-16,29H,7-8,10,17H2,1-6H3,(H,35,39). The highest BCUT2D eigenvalue weighted by atomic mass is 16.6. The highest BCUT2D eigenvalue weighted by molar-refractivity contribution is 6.10. The van der Waals surface area contributed by atoms with Gasteiger partial charge < -0.3 is 19.7 Å². The number of aromatic nitrogens is 3. The molecule has 1 aliphatic carbocycles. The molecule has 0 radical (unpaired) electrons. The Morgan fingerprint density at radius 3 is 2.57 bits per heavy atom. The molecule has 5 rings (SSSR count). The number of methoxy groups -OCH3 is 1. The minimum absolute atomic E-state index is 0.238. The molecule has 1 aliphatic heterocycles. The molecular formula is C32H35N5O5. The van der Waals surface area contributed by atoms with Gasteiger partial charge in [-0.1, -0.05) is 6.07 Å². The van der Waals surface area contributed by atoms with Crippen LogP contribution in [0.2, 0.25) is 0 Å². The topological polar surface area (TPSA) is 116 Å². The van der Waals surface area contributed by atoms with E-state index in [4.69, 9.17) is 14.5 Å². The van der Waals surface area contributed by atoms with Crippen molar-refractivity contribution in [2.24, 2.45) is 0 Å². The van der Waals surface area contributed by atoms with E-state index >= 15 is 0 Å². The molecule has 218 valence electrons. The molecule has 10 heteroatoms. The fourth-order valence-corrected chi connectivity index (χ4v) is 5.43. The normalized spacial score (nSPS) is 17.1. The number of nitrogens with zero attached hydrogens (tertiary/aromatic N) is 4. The minimum atomic E-state index is -0.937. The number of carbonyl (C=O) groups excluding carboxylic acids is 3. The number of imidazole rings is 1. The van der Waals surface area contributed by atoms with Crippen LogP contribution in [0.15, 0.2) is 59.3 Å². The zero-order valence-electron chi connectivity index (χ0n) is 24.8. The number of hydrogen-bond acceptors (Lipinski definition) is 8. The Balaban J connectivity index is 1.49. The van der Waals surface area contributed by atoms with Crippen molar-refractivity contribution < 1.29 is 23.9 Å². The Labute approximate surface area is 244 Å². The number of amides is 1. The van der Waals surface area contributed by atoms with Gasteiger partial charge in [-0.2, -0.15) is 0 Å². The monoisotopic (exact) mass is 569 g/mol. The Hall–Kier alpha value is -4.53. The van der Waals surface area contributed by atoms with Crippen LogP contribution in [-0.4, -0.2) is 57.8 Å². The number of fused-ring (bicyclic) bond motifs is 2. The quantitative estimate of drug-likeness (QED) is 0.426. The van der Waals surface area contributed by atoms with Gasteiger partial charge in [0, 0.05) is 19.3 Å². The van der Waals surface area contributed by atoms with Crippen LogP contribution in [0.4, 0.5) is 16.2 Å². The number of aryl methyl sites for hydroxylation is 3. The molecule has 3 aromatic rings. The van der Waals surface area contributed by atoms with Crippen molar-refractivity contribution in [1.29, 1.82) is 0 Å². The number of hydrogen-bond donors (Lipinski definition) is 1. The Morgan fingerprint density at radius 1 is 1.07 bits per heavy atom. The zero-order chi connectivity index (χ0) is 30.2. The number of benzene rings is 1. The summed E-state index contributed by atoms with van der Waals surface area (Å²) in [5, 5.41) is 2.91. The maximum absolute atomic E-state index is 13.6. The van der Waals surface area contributed by atoms with Crippen LogP contribution >= 0.6 is 0 Å². The van der Waals surface area contributed by atoms with Gasteiger partial charge in [-0.3, -0.25) is 9.78 Å². The zero-order valence-corrected chi connectivity index (χ0v) is 24.8. The Kier molecular flexibility index (Phi) is 7.86. The van der Waals surface area contributed by atoms with E-state index in [1.807, 2.05) is 19.1 Å². The van der Waals surface area contributed by atoms with Crippen molar-refractivity contribution in [2.45, 2.75) is 65.6 Å². The van der Waals surface area contributed by atoms with Crippen LogP contribution in [0.25, 0.3) is 11.0 Å². The van der Waals surface area contributed by atoms with Crippen molar-refractivity contribution in [2.75, 3.05) is 23.9 Å². The summed E-state index contributed by atoms with van der Waals surface area (Å²) in [7, 11) is 1.46. The van der Waals surface area contributed by atoms with E-state index in [1.54, 1.807) is 58.0 Å². The molecule has 1 amide bonds. The van der Waals surface area contributed by atoms with E-state index in [0.717, 1.165) is 36.3 Å². The highest BCUT2D eigenvalue weighted by Crippen LogP contribution is 2.36. The van der Waals surface area contributed by atoms with E-state index < -0.39 is 23.7 Å². The molecule has 0 spiro atoms. The van der Waals surface area contributed by atoms with Crippen LogP contribution in [0.3, 0.4) is 0 Å². The van der Waals surface area contributed by atoms with E-state index in [-0.39, 0.29) is 11.1 Å². The molecule has 2 aromatic heterocycles. The number of pyridine rings is 1. The van der Waals surface area contributed by atoms with Gasteiger partial charge >= 0.3 is 6.09 Å². The number of para-hydroxylation sites is 1. The van der Waals surface area contributed by atoms with Gasteiger partial charge in [0.2, 0.25) is 0 Å². The van der Waals surface area contributed by atoms with Crippen LogP contribution < -0.4 is 10.2 Å². The average Bonchev–Trinajstić information content (AvgIpc) is 3.14. The van der Waals surface area contributed by atoms with Crippen LogP contribution in [-0.2, 0) is 25.5 Å². The van der Waals surface area contributed by atoms with Gasteiger partial charge in [0.1, 0.15) is 29.0 Å². The second-order valence-corrected chi connectivity index (χ2v) is 11.4. The SMILES string of the molecule is COC1C(=C=O)C(N2CCCCc3nc(C)ccc32)=CC=C1C(=O)Nc1cccc2c1nc(C)n2C(=O)OC(C)(C)C. The molecule has 1 aromatic carbocycles. The average molecular weight is 570 g/mol. The van der Waals surface area contributed by atoms with Crippen molar-refractivity contribution in [3.8, 4) is 0 Å². The lowest BCUT2D eigenvalue weighted by atomic mass is 9.92. The van der Waals surface area contributed by atoms with E-state index in [0.29, 0.717) is 34.8 Å². The lowest BCUT2D eigenvalue weighted by Crippen LogP contribution is -2.35. The number of allylic oxidation sites excluding steroid dienone is 2. The molecule has 10 nitrogen and oxygen atoms in total. The maximum atomic E-state index is 13.6. The predicted molar refractivity (Wildman–Crippen MR) is 160 cm³/mol. The molecule has 0 bridgehead atoms. The molecule has 42 heavy (non-hydrogen) atoms. The summed E-state index contributed by atoms with van der Waals surface area (Å²) in [4.78, 5) is 50.3. The smallest absolute Gasteiger partial charge is 0.420 e. The Morgan fingerprint density at radius 2 is 1.86 bits per heavy atom. The molecule has 0 saturated carbocycles. The second-order valence-electron chi connectivity index (χ2n) is 11.4. The first-order valence-electron chi connectivity index (χ1n) is 14.0. The fourth-order valence-electron chi connectivity index (χ4n) is 5.43. The van der Waals surface area contributed by atoms with Crippen LogP contribution in [0, 0.1) is 13.8 Å². The summed E-state index contributed by atoms with van der Waals surface area (Å²) < 4.78 is 12.7. The van der Waals surface area contributed by atoms with Gasteiger partial charge in [-0.25, -0.2) is 19.1 Å². The summed E-state index contributed by atoms with van der Waals surface area (Å²) in [6.45, 7) is 9.74. The van der Waals surface area contributed by atoms with E-state index in [2.05, 4.69) is 21.1 Å². The molecule has 2 aliphatic rings. The predicted octanol–water partition coefficient (Wildman–Crippen LogP) is 5.21. The lowest BCUT2D eigenvalue weighted by molar-refractivity contribution is -0.113. The summed E-state index contributed by atoms with van der Waals surface area (Å²) in [5.41, 5.74) is 4.64. The number of ether oxygens (including phenoxy) is 2. The third-order valence-electron chi connectivity index (χ3n) is 7.24. The van der Waals surface area contributed by atoms with Crippen LogP contribution in [0.5, 0.6) is 0 Å². The van der Waals surface area contributed by atoms with Crippen molar-refractivity contribution in [3.63, 3.8) is 0 Å². The molecule has 0 fully saturated rings. The molecule has 1 unspecified atom stereocenters. The summed E-state index contributed by atoms with van der Waals surface area (Å²) in [5.74, 6) is 2.02. The molecular weight excluding hydrogens is 534 g/mol. The van der Waals surface area contributed by atoms with Gasteiger partial charge in [0.05, 0.1) is 39.4 Å². The molecule has 3 heterocycles. The number of nitrogens with one attached hydrogen (secondary N) is 1. The van der Waals surface area contributed by atoms with Gasteiger partial charge in [-0.15, -0.1) is 0 Å². The first-order valence-corrected chi connectivity index (χ1v) is 14.0.